The average Bonchev–Trinajstić information content (AvgIpc) is 2.47. The first-order chi connectivity index (χ1) is 10.2. The molecule has 3 heteroatoms. The Balaban J connectivity index is 1.80. The Morgan fingerprint density at radius 3 is 2.71 bits per heavy atom. The zero-order chi connectivity index (χ0) is 14.4. The lowest BCUT2D eigenvalue weighted by Gasteiger charge is -2.44. The first-order valence-corrected chi connectivity index (χ1v) is 8.83. The number of benzene rings is 1. The predicted molar refractivity (Wildman–Crippen MR) is 88.6 cm³/mol. The minimum atomic E-state index is -0.656. The Labute approximate surface area is 130 Å². The van der Waals surface area contributed by atoms with Crippen LogP contribution in [0.25, 0.3) is 10.9 Å². The molecule has 0 amide bonds. The van der Waals surface area contributed by atoms with Crippen molar-refractivity contribution in [3.8, 4) is 0 Å². The van der Waals surface area contributed by atoms with Gasteiger partial charge >= 0.3 is 0 Å². The van der Waals surface area contributed by atoms with Gasteiger partial charge in [0.25, 0.3) is 0 Å². The fraction of sp³-hybridized carbons (Fsp3) is 0.500. The van der Waals surface area contributed by atoms with Crippen LogP contribution in [0.4, 0.5) is 0 Å². The SMILES string of the molecule is Cc1c(C2(O)CC3CCCC(C2)S3)ccc2cccnc12. The molecule has 21 heavy (non-hydrogen) atoms. The second-order valence-corrected chi connectivity index (χ2v) is 8.17. The fourth-order valence-electron chi connectivity index (χ4n) is 4.13. The summed E-state index contributed by atoms with van der Waals surface area (Å²) in [7, 11) is 0. The summed E-state index contributed by atoms with van der Waals surface area (Å²) < 4.78 is 0. The van der Waals surface area contributed by atoms with Gasteiger partial charge in [0.15, 0.2) is 0 Å². The van der Waals surface area contributed by atoms with E-state index in [-0.39, 0.29) is 0 Å². The molecule has 2 saturated heterocycles. The fourth-order valence-corrected chi connectivity index (χ4v) is 6.03. The Hall–Kier alpha value is -1.06. The zero-order valence-electron chi connectivity index (χ0n) is 12.4. The molecule has 2 atom stereocenters. The number of hydrogen-bond acceptors (Lipinski definition) is 3. The van der Waals surface area contributed by atoms with E-state index in [0.717, 1.165) is 34.9 Å². The molecule has 0 saturated carbocycles. The minimum absolute atomic E-state index is 0.626. The van der Waals surface area contributed by atoms with Crippen LogP contribution in [0, 0.1) is 6.92 Å². The third kappa shape index (κ3) is 2.27. The molecule has 4 rings (SSSR count). The number of hydrogen-bond donors (Lipinski definition) is 1. The van der Waals surface area contributed by atoms with Gasteiger partial charge in [-0.25, -0.2) is 0 Å². The second-order valence-electron chi connectivity index (χ2n) is 6.56. The summed E-state index contributed by atoms with van der Waals surface area (Å²) in [6.07, 6.45) is 7.48. The molecule has 0 radical (unpaired) electrons. The van der Waals surface area contributed by atoms with E-state index in [2.05, 4.69) is 41.9 Å². The average molecular weight is 299 g/mol. The maximum atomic E-state index is 11.3. The molecule has 2 nitrogen and oxygen atoms in total. The molecule has 2 aromatic rings. The van der Waals surface area contributed by atoms with Crippen LogP contribution in [-0.4, -0.2) is 20.6 Å². The highest BCUT2D eigenvalue weighted by atomic mass is 32.2. The quantitative estimate of drug-likeness (QED) is 0.857. The first kappa shape index (κ1) is 13.6. The smallest absolute Gasteiger partial charge is 0.0921 e. The van der Waals surface area contributed by atoms with E-state index in [1.54, 1.807) is 0 Å². The summed E-state index contributed by atoms with van der Waals surface area (Å²) in [6, 6.07) is 8.30. The lowest BCUT2D eigenvalue weighted by atomic mass is 9.78. The van der Waals surface area contributed by atoms with Crippen molar-refractivity contribution in [1.82, 2.24) is 4.98 Å². The summed E-state index contributed by atoms with van der Waals surface area (Å²) in [5, 5.41) is 13.8. The van der Waals surface area contributed by atoms with Crippen LogP contribution in [0.5, 0.6) is 0 Å². The van der Waals surface area contributed by atoms with E-state index in [9.17, 15) is 5.11 Å². The normalized spacial score (nSPS) is 32.3. The van der Waals surface area contributed by atoms with Gasteiger partial charge in [-0.1, -0.05) is 24.6 Å². The van der Waals surface area contributed by atoms with Crippen LogP contribution < -0.4 is 0 Å². The lowest BCUT2D eigenvalue weighted by molar-refractivity contribution is 0.00769. The van der Waals surface area contributed by atoms with Gasteiger partial charge in [0.2, 0.25) is 0 Å². The molecule has 110 valence electrons. The lowest BCUT2D eigenvalue weighted by Crippen LogP contribution is -2.41. The summed E-state index contributed by atoms with van der Waals surface area (Å²) >= 11 is 2.10. The molecule has 0 aliphatic carbocycles. The highest BCUT2D eigenvalue weighted by Crippen LogP contribution is 2.50. The van der Waals surface area contributed by atoms with Crippen molar-refractivity contribution < 1.29 is 5.11 Å². The van der Waals surface area contributed by atoms with Crippen molar-refractivity contribution in [2.24, 2.45) is 0 Å². The highest BCUT2D eigenvalue weighted by molar-refractivity contribution is 8.00. The van der Waals surface area contributed by atoms with Crippen molar-refractivity contribution in [3.05, 3.63) is 41.6 Å². The monoisotopic (exact) mass is 299 g/mol. The Morgan fingerprint density at radius 2 is 1.95 bits per heavy atom. The third-order valence-electron chi connectivity index (χ3n) is 5.10. The van der Waals surface area contributed by atoms with E-state index in [1.807, 2.05) is 12.3 Å². The first-order valence-electron chi connectivity index (χ1n) is 7.88. The molecule has 1 aromatic carbocycles. The van der Waals surface area contributed by atoms with Gasteiger partial charge in [0.05, 0.1) is 11.1 Å². The molecule has 2 unspecified atom stereocenters. The largest absolute Gasteiger partial charge is 0.385 e. The number of aryl methyl sites for hydroxylation is 1. The standard InChI is InChI=1S/C18H21NOS/c1-12-16(8-7-13-4-3-9-19-17(12)13)18(20)10-14-5-2-6-15(11-18)21-14/h3-4,7-9,14-15,20H,2,5-6,10-11H2,1H3. The van der Waals surface area contributed by atoms with E-state index >= 15 is 0 Å². The molecule has 2 bridgehead atoms. The number of pyridine rings is 1. The van der Waals surface area contributed by atoms with Crippen LogP contribution in [-0.2, 0) is 5.60 Å². The van der Waals surface area contributed by atoms with Crippen LogP contribution in [0.2, 0.25) is 0 Å². The van der Waals surface area contributed by atoms with Crippen LogP contribution in [0.1, 0.15) is 43.2 Å². The summed E-state index contributed by atoms with van der Waals surface area (Å²) in [5.41, 5.74) is 2.63. The molecule has 2 aliphatic heterocycles. The number of nitrogens with zero attached hydrogens (tertiary/aromatic N) is 1. The maximum absolute atomic E-state index is 11.3. The van der Waals surface area contributed by atoms with Crippen LogP contribution >= 0.6 is 11.8 Å². The molecule has 2 aliphatic rings. The summed E-state index contributed by atoms with van der Waals surface area (Å²) in [4.78, 5) is 4.52. The number of fused-ring (bicyclic) bond motifs is 3. The number of thioether (sulfide) groups is 1. The van der Waals surface area contributed by atoms with Crippen LogP contribution in [0.15, 0.2) is 30.5 Å². The summed E-state index contributed by atoms with van der Waals surface area (Å²) in [5.74, 6) is 0. The van der Waals surface area contributed by atoms with E-state index in [0.29, 0.717) is 10.5 Å². The van der Waals surface area contributed by atoms with Gasteiger partial charge in [-0.3, -0.25) is 4.98 Å². The Bertz CT molecular complexity index is 672. The van der Waals surface area contributed by atoms with Gasteiger partial charge in [-0.05, 0) is 49.8 Å². The molecule has 2 fully saturated rings. The van der Waals surface area contributed by atoms with Gasteiger partial charge in [0.1, 0.15) is 0 Å². The molecule has 3 heterocycles. The Kier molecular flexibility index (Phi) is 3.23. The van der Waals surface area contributed by atoms with Gasteiger partial charge in [0, 0.05) is 22.1 Å². The molecule has 1 N–H and O–H groups in total. The number of aliphatic hydroxyl groups is 1. The van der Waals surface area contributed by atoms with Crippen molar-refractivity contribution in [3.63, 3.8) is 0 Å². The van der Waals surface area contributed by atoms with E-state index in [1.165, 1.54) is 19.3 Å². The van der Waals surface area contributed by atoms with Crippen molar-refractivity contribution in [2.45, 2.75) is 55.1 Å². The molecular formula is C18H21NOS. The van der Waals surface area contributed by atoms with Gasteiger partial charge < -0.3 is 5.11 Å². The zero-order valence-corrected chi connectivity index (χ0v) is 13.2. The minimum Gasteiger partial charge on any atom is -0.385 e. The molecular weight excluding hydrogens is 278 g/mol. The number of rotatable bonds is 1. The van der Waals surface area contributed by atoms with Crippen molar-refractivity contribution in [1.29, 1.82) is 0 Å². The van der Waals surface area contributed by atoms with E-state index < -0.39 is 5.60 Å². The maximum Gasteiger partial charge on any atom is 0.0921 e. The second kappa shape index (κ2) is 4.99. The predicted octanol–water partition coefficient (Wildman–Crippen LogP) is 4.18. The molecule has 1 aromatic heterocycles. The third-order valence-corrected chi connectivity index (χ3v) is 6.67. The highest BCUT2D eigenvalue weighted by Gasteiger charge is 2.43. The number of aromatic nitrogens is 1. The topological polar surface area (TPSA) is 33.1 Å². The van der Waals surface area contributed by atoms with Crippen LogP contribution in [0.3, 0.4) is 0 Å². The van der Waals surface area contributed by atoms with Crippen molar-refractivity contribution >= 4 is 22.7 Å². The van der Waals surface area contributed by atoms with E-state index in [4.69, 9.17) is 0 Å². The van der Waals surface area contributed by atoms with Gasteiger partial charge in [-0.15, -0.1) is 0 Å². The summed E-state index contributed by atoms with van der Waals surface area (Å²) in [6.45, 7) is 2.11. The van der Waals surface area contributed by atoms with Crippen molar-refractivity contribution in [2.75, 3.05) is 0 Å². The molecule has 0 spiro atoms. The Morgan fingerprint density at radius 1 is 1.19 bits per heavy atom. The van der Waals surface area contributed by atoms with Gasteiger partial charge in [-0.2, -0.15) is 11.8 Å².